The largest absolute Gasteiger partial charge is 0.494 e. The Morgan fingerprint density at radius 1 is 1.53 bits per heavy atom. The molecule has 0 saturated carbocycles. The minimum absolute atomic E-state index is 0.0323. The van der Waals surface area contributed by atoms with Crippen LogP contribution in [-0.2, 0) is 4.79 Å². The number of rotatable bonds is 5. The maximum atomic E-state index is 11.9. The lowest BCUT2D eigenvalue weighted by atomic mass is 9.93. The van der Waals surface area contributed by atoms with Crippen molar-refractivity contribution in [3.05, 3.63) is 18.5 Å². The monoisotopic (exact) mass is 263 g/mol. The first kappa shape index (κ1) is 13.8. The van der Waals surface area contributed by atoms with Crippen LogP contribution in [-0.4, -0.2) is 31.1 Å². The summed E-state index contributed by atoms with van der Waals surface area (Å²) in [6.07, 6.45) is 7.11. The number of nitrogens with one attached hydrogen (secondary N) is 2. The van der Waals surface area contributed by atoms with Crippen molar-refractivity contribution in [1.82, 2.24) is 10.3 Å². The van der Waals surface area contributed by atoms with Crippen molar-refractivity contribution in [3.8, 4) is 5.75 Å². The summed E-state index contributed by atoms with van der Waals surface area (Å²) in [7, 11) is 1.58. The van der Waals surface area contributed by atoms with Crippen LogP contribution in [0.1, 0.15) is 25.7 Å². The minimum Gasteiger partial charge on any atom is -0.494 e. The Balaban J connectivity index is 1.80. The molecule has 0 spiro atoms. The van der Waals surface area contributed by atoms with Crippen LogP contribution < -0.4 is 15.4 Å². The van der Waals surface area contributed by atoms with Gasteiger partial charge in [-0.05, 0) is 38.3 Å². The molecule has 1 aromatic rings. The standard InChI is InChI=1S/C14H21N3O2/c1-19-13-6-9-16-10-12(13)17-14(18)3-2-11-4-7-15-8-5-11/h6,9-11,15H,2-5,7-8H2,1H3,(H,17,18). The van der Waals surface area contributed by atoms with Crippen molar-refractivity contribution in [1.29, 1.82) is 0 Å². The van der Waals surface area contributed by atoms with Crippen LogP contribution in [0.2, 0.25) is 0 Å². The second kappa shape index (κ2) is 7.09. The third-order valence-electron chi connectivity index (χ3n) is 3.51. The quantitative estimate of drug-likeness (QED) is 0.850. The number of pyridine rings is 1. The number of amides is 1. The van der Waals surface area contributed by atoms with E-state index in [1.54, 1.807) is 25.6 Å². The van der Waals surface area contributed by atoms with Crippen molar-refractivity contribution in [2.24, 2.45) is 5.92 Å². The van der Waals surface area contributed by atoms with Crippen molar-refractivity contribution in [2.75, 3.05) is 25.5 Å². The molecule has 5 nitrogen and oxygen atoms in total. The summed E-state index contributed by atoms with van der Waals surface area (Å²) in [6.45, 7) is 2.14. The van der Waals surface area contributed by atoms with Crippen molar-refractivity contribution in [3.63, 3.8) is 0 Å². The average molecular weight is 263 g/mol. The Hall–Kier alpha value is -1.62. The van der Waals surface area contributed by atoms with Gasteiger partial charge < -0.3 is 15.4 Å². The topological polar surface area (TPSA) is 63.2 Å². The molecule has 1 saturated heterocycles. The van der Waals surface area contributed by atoms with Crippen LogP contribution in [0.3, 0.4) is 0 Å². The zero-order valence-electron chi connectivity index (χ0n) is 11.3. The fourth-order valence-electron chi connectivity index (χ4n) is 2.37. The number of nitrogens with zero attached hydrogens (tertiary/aromatic N) is 1. The van der Waals surface area contributed by atoms with Gasteiger partial charge in [0, 0.05) is 18.7 Å². The molecular weight excluding hydrogens is 242 g/mol. The van der Waals surface area contributed by atoms with Crippen LogP contribution in [0, 0.1) is 5.92 Å². The van der Waals surface area contributed by atoms with Crippen LogP contribution >= 0.6 is 0 Å². The fraction of sp³-hybridized carbons (Fsp3) is 0.571. The molecule has 1 aromatic heterocycles. The second-order valence-corrected chi connectivity index (χ2v) is 4.86. The lowest BCUT2D eigenvalue weighted by molar-refractivity contribution is -0.116. The van der Waals surface area contributed by atoms with Gasteiger partial charge in [0.15, 0.2) is 0 Å². The molecule has 1 amide bonds. The molecule has 1 aliphatic rings. The molecule has 0 unspecified atom stereocenters. The third-order valence-corrected chi connectivity index (χ3v) is 3.51. The van der Waals surface area contributed by atoms with Gasteiger partial charge in [-0.1, -0.05) is 0 Å². The molecule has 19 heavy (non-hydrogen) atoms. The third kappa shape index (κ3) is 4.21. The number of carbonyl (C=O) groups is 1. The first-order valence-electron chi connectivity index (χ1n) is 6.78. The molecule has 2 heterocycles. The lowest BCUT2D eigenvalue weighted by Gasteiger charge is -2.22. The van der Waals surface area contributed by atoms with E-state index in [1.807, 2.05) is 0 Å². The van der Waals surface area contributed by atoms with Gasteiger partial charge >= 0.3 is 0 Å². The number of methoxy groups -OCH3 is 1. The van der Waals surface area contributed by atoms with Crippen LogP contribution in [0.25, 0.3) is 0 Å². The van der Waals surface area contributed by atoms with E-state index in [-0.39, 0.29) is 5.91 Å². The molecule has 0 bridgehead atoms. The summed E-state index contributed by atoms with van der Waals surface area (Å²) in [5, 5.41) is 6.19. The van der Waals surface area contributed by atoms with E-state index < -0.39 is 0 Å². The van der Waals surface area contributed by atoms with Crippen molar-refractivity contribution >= 4 is 11.6 Å². The Labute approximate surface area is 113 Å². The Morgan fingerprint density at radius 3 is 3.05 bits per heavy atom. The van der Waals surface area contributed by atoms with Crippen molar-refractivity contribution in [2.45, 2.75) is 25.7 Å². The summed E-state index contributed by atoms with van der Waals surface area (Å²) in [6, 6.07) is 1.74. The number of carbonyl (C=O) groups excluding carboxylic acids is 1. The molecule has 104 valence electrons. The first-order valence-corrected chi connectivity index (χ1v) is 6.78. The summed E-state index contributed by atoms with van der Waals surface area (Å²) < 4.78 is 5.18. The van der Waals surface area contributed by atoms with Gasteiger partial charge in [0.05, 0.1) is 13.3 Å². The minimum atomic E-state index is 0.0323. The Bertz CT molecular complexity index is 417. The summed E-state index contributed by atoms with van der Waals surface area (Å²) >= 11 is 0. The smallest absolute Gasteiger partial charge is 0.224 e. The van der Waals surface area contributed by atoms with E-state index >= 15 is 0 Å². The summed E-state index contributed by atoms with van der Waals surface area (Å²) in [4.78, 5) is 15.9. The number of ether oxygens (including phenoxy) is 1. The predicted octanol–water partition coefficient (Wildman–Crippen LogP) is 1.81. The highest BCUT2D eigenvalue weighted by atomic mass is 16.5. The SMILES string of the molecule is COc1ccncc1NC(=O)CCC1CCNCC1. The van der Waals surface area contributed by atoms with E-state index in [9.17, 15) is 4.79 Å². The number of anilines is 1. The number of piperidine rings is 1. The van der Waals surface area contributed by atoms with Gasteiger partial charge in [0.2, 0.25) is 5.91 Å². The molecule has 0 aromatic carbocycles. The molecular formula is C14H21N3O2. The second-order valence-electron chi connectivity index (χ2n) is 4.86. The molecule has 2 rings (SSSR count). The highest BCUT2D eigenvalue weighted by Crippen LogP contribution is 2.23. The van der Waals surface area contributed by atoms with Gasteiger partial charge in [0.1, 0.15) is 11.4 Å². The van der Waals surface area contributed by atoms with Gasteiger partial charge in [-0.15, -0.1) is 0 Å². The maximum absolute atomic E-state index is 11.9. The molecule has 1 aliphatic heterocycles. The zero-order valence-corrected chi connectivity index (χ0v) is 11.3. The van der Waals surface area contributed by atoms with Gasteiger partial charge in [-0.3, -0.25) is 9.78 Å². The van der Waals surface area contributed by atoms with E-state index in [1.165, 1.54) is 12.8 Å². The number of hydrogen-bond acceptors (Lipinski definition) is 4. The average Bonchev–Trinajstić information content (AvgIpc) is 2.47. The van der Waals surface area contributed by atoms with Crippen molar-refractivity contribution < 1.29 is 9.53 Å². The van der Waals surface area contributed by atoms with Gasteiger partial charge in [-0.25, -0.2) is 0 Å². The highest BCUT2D eigenvalue weighted by molar-refractivity contribution is 5.91. The van der Waals surface area contributed by atoms with Gasteiger partial charge in [0.25, 0.3) is 0 Å². The Kier molecular flexibility index (Phi) is 5.15. The molecule has 0 atom stereocenters. The van der Waals surface area contributed by atoms with E-state index in [0.29, 0.717) is 23.8 Å². The van der Waals surface area contributed by atoms with E-state index in [0.717, 1.165) is 19.5 Å². The fourth-order valence-corrected chi connectivity index (χ4v) is 2.37. The molecule has 1 fully saturated rings. The number of hydrogen-bond donors (Lipinski definition) is 2. The zero-order chi connectivity index (χ0) is 13.5. The maximum Gasteiger partial charge on any atom is 0.224 e. The molecule has 5 heteroatoms. The van der Waals surface area contributed by atoms with Crippen LogP contribution in [0.15, 0.2) is 18.5 Å². The Morgan fingerprint density at radius 2 is 2.32 bits per heavy atom. The normalized spacial score (nSPS) is 16.1. The number of aromatic nitrogens is 1. The van der Waals surface area contributed by atoms with Gasteiger partial charge in [-0.2, -0.15) is 0 Å². The van der Waals surface area contributed by atoms with Crippen LogP contribution in [0.5, 0.6) is 5.75 Å². The summed E-state index contributed by atoms with van der Waals surface area (Å²) in [5.74, 6) is 1.35. The first-order chi connectivity index (χ1) is 9.29. The molecule has 0 radical (unpaired) electrons. The van der Waals surface area contributed by atoms with E-state index in [2.05, 4.69) is 15.6 Å². The lowest BCUT2D eigenvalue weighted by Crippen LogP contribution is -2.28. The van der Waals surface area contributed by atoms with E-state index in [4.69, 9.17) is 4.74 Å². The molecule has 0 aliphatic carbocycles. The van der Waals surface area contributed by atoms with Crippen LogP contribution in [0.4, 0.5) is 5.69 Å². The predicted molar refractivity (Wildman–Crippen MR) is 74.2 cm³/mol. The summed E-state index contributed by atoms with van der Waals surface area (Å²) in [5.41, 5.74) is 0.639. The molecule has 2 N–H and O–H groups in total. The highest BCUT2D eigenvalue weighted by Gasteiger charge is 2.15.